The van der Waals surface area contributed by atoms with E-state index in [-0.39, 0.29) is 0 Å². The van der Waals surface area contributed by atoms with Crippen molar-refractivity contribution >= 4 is 98.1 Å². The van der Waals surface area contributed by atoms with Crippen LogP contribution in [0.3, 0.4) is 0 Å². The first-order valence-corrected chi connectivity index (χ1v) is 17.3. The average Bonchev–Trinajstić information content (AvgIpc) is 3.87. The van der Waals surface area contributed by atoms with Crippen LogP contribution in [0.2, 0.25) is 0 Å². The Morgan fingerprint density at radius 1 is 0.275 bits per heavy atom. The maximum absolute atomic E-state index is 6.60. The van der Waals surface area contributed by atoms with Crippen molar-refractivity contribution < 1.29 is 13.3 Å². The smallest absolute Gasteiger partial charge is 0.143 e. The number of furan rings is 3. The maximum atomic E-state index is 6.60. The molecular weight excluding hydrogens is 625 g/mol. The molecule has 0 atom stereocenters. The number of rotatable bonds is 2. The van der Waals surface area contributed by atoms with Crippen molar-refractivity contribution in [3.8, 4) is 22.3 Å². The van der Waals surface area contributed by atoms with Gasteiger partial charge in [0, 0.05) is 37.7 Å². The molecule has 0 aliphatic rings. The molecule has 0 saturated carbocycles. The van der Waals surface area contributed by atoms with Crippen LogP contribution in [0.4, 0.5) is 0 Å². The molecule has 0 radical (unpaired) electrons. The molecule has 0 aliphatic carbocycles. The van der Waals surface area contributed by atoms with Gasteiger partial charge in [0.2, 0.25) is 0 Å². The zero-order valence-corrected chi connectivity index (χ0v) is 27.2. The van der Waals surface area contributed by atoms with Crippen LogP contribution in [0.5, 0.6) is 0 Å². The van der Waals surface area contributed by atoms with Gasteiger partial charge in [0.05, 0.1) is 0 Å². The van der Waals surface area contributed by atoms with E-state index in [4.69, 9.17) is 13.3 Å². The minimum Gasteiger partial charge on any atom is -0.456 e. The third-order valence-corrected chi connectivity index (χ3v) is 10.8. The van der Waals surface area contributed by atoms with E-state index >= 15 is 0 Å². The highest BCUT2D eigenvalue weighted by Gasteiger charge is 2.16. The van der Waals surface area contributed by atoms with Crippen molar-refractivity contribution in [3.05, 3.63) is 158 Å². The molecule has 236 valence electrons. The zero-order chi connectivity index (χ0) is 33.2. The molecule has 3 aromatic heterocycles. The molecule has 3 heteroatoms. The van der Waals surface area contributed by atoms with Crippen molar-refractivity contribution in [1.29, 1.82) is 0 Å². The van der Waals surface area contributed by atoms with Gasteiger partial charge in [0.15, 0.2) is 0 Å². The highest BCUT2D eigenvalue weighted by molar-refractivity contribution is 6.20. The Morgan fingerprint density at radius 2 is 0.941 bits per heavy atom. The monoisotopic (exact) mass is 650 g/mol. The molecule has 0 saturated heterocycles. The molecule has 0 spiro atoms. The number of fused-ring (bicyclic) bond motifs is 14. The topological polar surface area (TPSA) is 39.4 Å². The van der Waals surface area contributed by atoms with Gasteiger partial charge in [-0.2, -0.15) is 0 Å². The van der Waals surface area contributed by atoms with Crippen molar-refractivity contribution in [1.82, 2.24) is 0 Å². The highest BCUT2D eigenvalue weighted by atomic mass is 16.3. The quantitative estimate of drug-likeness (QED) is 0.187. The Bertz CT molecular complexity index is 3430. The van der Waals surface area contributed by atoms with Gasteiger partial charge in [0.25, 0.3) is 0 Å². The lowest BCUT2D eigenvalue weighted by molar-refractivity contribution is 0.669. The molecule has 0 bridgehead atoms. The first-order valence-electron chi connectivity index (χ1n) is 17.3. The molecule has 12 aromatic rings. The maximum Gasteiger partial charge on any atom is 0.143 e. The summed E-state index contributed by atoms with van der Waals surface area (Å²) in [4.78, 5) is 0. The van der Waals surface area contributed by atoms with Crippen LogP contribution in [-0.4, -0.2) is 0 Å². The normalized spacial score (nSPS) is 12.3. The highest BCUT2D eigenvalue weighted by Crippen LogP contribution is 2.41. The third kappa shape index (κ3) is 3.83. The Labute approximate surface area is 290 Å². The fourth-order valence-corrected chi connectivity index (χ4v) is 8.39. The van der Waals surface area contributed by atoms with E-state index in [1.165, 1.54) is 21.5 Å². The lowest BCUT2D eigenvalue weighted by Crippen LogP contribution is -1.82. The summed E-state index contributed by atoms with van der Waals surface area (Å²) >= 11 is 0. The van der Waals surface area contributed by atoms with Crippen LogP contribution >= 0.6 is 0 Å². The third-order valence-electron chi connectivity index (χ3n) is 10.8. The first kappa shape index (κ1) is 27.0. The van der Waals surface area contributed by atoms with Crippen molar-refractivity contribution in [2.75, 3.05) is 0 Å². The van der Waals surface area contributed by atoms with E-state index in [0.717, 1.165) is 98.8 Å². The van der Waals surface area contributed by atoms with Gasteiger partial charge in [-0.15, -0.1) is 0 Å². The second-order valence-corrected chi connectivity index (χ2v) is 13.6. The molecule has 0 amide bonds. The molecule has 0 fully saturated rings. The first-order chi connectivity index (χ1) is 25.2. The van der Waals surface area contributed by atoms with Gasteiger partial charge in [-0.3, -0.25) is 0 Å². The predicted molar refractivity (Wildman–Crippen MR) is 212 cm³/mol. The second kappa shape index (κ2) is 9.87. The average molecular weight is 651 g/mol. The Hall–Kier alpha value is -6.84. The van der Waals surface area contributed by atoms with E-state index in [0.29, 0.717) is 0 Å². The van der Waals surface area contributed by atoms with Gasteiger partial charge < -0.3 is 13.3 Å². The molecule has 12 rings (SSSR count). The number of hydrogen-bond acceptors (Lipinski definition) is 3. The lowest BCUT2D eigenvalue weighted by atomic mass is 9.95. The Kier molecular flexibility index (Phi) is 5.23. The van der Waals surface area contributed by atoms with E-state index in [1.54, 1.807) is 0 Å². The van der Waals surface area contributed by atoms with E-state index in [2.05, 4.69) is 146 Å². The largest absolute Gasteiger partial charge is 0.456 e. The molecule has 3 heterocycles. The Morgan fingerprint density at radius 3 is 1.92 bits per heavy atom. The van der Waals surface area contributed by atoms with Crippen LogP contribution in [0.15, 0.2) is 171 Å². The molecular formula is C48H26O3. The summed E-state index contributed by atoms with van der Waals surface area (Å²) in [5.74, 6) is 0. The van der Waals surface area contributed by atoms with Crippen molar-refractivity contribution in [3.63, 3.8) is 0 Å². The minimum atomic E-state index is 0.879. The molecule has 51 heavy (non-hydrogen) atoms. The van der Waals surface area contributed by atoms with E-state index in [9.17, 15) is 0 Å². The SMILES string of the molecule is c1ccc2c(c1)ccc1oc3ccc(-c4ccc5cc6c(cc5c4)oc4cc(-c5cccc7c5ccc5c8ccccc8oc75)ccc46)cc3c12. The summed E-state index contributed by atoms with van der Waals surface area (Å²) in [7, 11) is 0. The van der Waals surface area contributed by atoms with Crippen LogP contribution in [-0.2, 0) is 0 Å². The van der Waals surface area contributed by atoms with Crippen molar-refractivity contribution in [2.45, 2.75) is 0 Å². The summed E-state index contributed by atoms with van der Waals surface area (Å²) in [5.41, 5.74) is 10.0. The zero-order valence-electron chi connectivity index (χ0n) is 27.2. The summed E-state index contributed by atoms with van der Waals surface area (Å²) in [6.07, 6.45) is 0. The number of benzene rings is 9. The van der Waals surface area contributed by atoms with Crippen LogP contribution in [0, 0.1) is 0 Å². The fraction of sp³-hybridized carbons (Fsp3) is 0. The van der Waals surface area contributed by atoms with E-state index in [1.807, 2.05) is 12.1 Å². The molecule has 9 aromatic carbocycles. The van der Waals surface area contributed by atoms with Gasteiger partial charge in [-0.25, -0.2) is 0 Å². The van der Waals surface area contributed by atoms with Crippen molar-refractivity contribution in [2.24, 2.45) is 0 Å². The standard InChI is InChI=1S/C48H26O3/c1-2-7-34-27(6-1)15-21-44-47(34)41-24-29(16-20-43(41)49-44)28-12-13-30-23-40-37-17-14-31(25-45(37)50-46(40)26-32(30)22-28)33-9-5-10-38-35(33)18-19-39-36-8-3-4-11-42(36)51-48(38)39/h1-26H. The molecule has 0 aliphatic heterocycles. The van der Waals surface area contributed by atoms with Crippen LogP contribution in [0.1, 0.15) is 0 Å². The predicted octanol–water partition coefficient (Wildman–Crippen LogP) is 14.2. The number of para-hydroxylation sites is 1. The second-order valence-electron chi connectivity index (χ2n) is 13.6. The van der Waals surface area contributed by atoms with Gasteiger partial charge in [-0.1, -0.05) is 97.1 Å². The van der Waals surface area contributed by atoms with Gasteiger partial charge in [0.1, 0.15) is 33.5 Å². The lowest BCUT2D eigenvalue weighted by Gasteiger charge is -2.07. The summed E-state index contributed by atoms with van der Waals surface area (Å²) < 4.78 is 19.2. The number of hydrogen-bond donors (Lipinski definition) is 0. The van der Waals surface area contributed by atoms with Gasteiger partial charge >= 0.3 is 0 Å². The molecule has 3 nitrogen and oxygen atoms in total. The van der Waals surface area contributed by atoms with Crippen LogP contribution < -0.4 is 0 Å². The summed E-state index contributed by atoms with van der Waals surface area (Å²) in [5, 5.41) is 13.8. The van der Waals surface area contributed by atoms with E-state index < -0.39 is 0 Å². The molecule has 0 N–H and O–H groups in total. The summed E-state index contributed by atoms with van der Waals surface area (Å²) in [6.45, 7) is 0. The van der Waals surface area contributed by atoms with Gasteiger partial charge in [-0.05, 0) is 110 Å². The molecule has 0 unspecified atom stereocenters. The minimum absolute atomic E-state index is 0.879. The summed E-state index contributed by atoms with van der Waals surface area (Å²) in [6, 6.07) is 56.1. The van der Waals surface area contributed by atoms with Crippen LogP contribution in [0.25, 0.3) is 120 Å². The Balaban J connectivity index is 0.975. The fourth-order valence-electron chi connectivity index (χ4n) is 8.39.